The van der Waals surface area contributed by atoms with E-state index in [1.54, 1.807) is 12.3 Å². The van der Waals surface area contributed by atoms with Crippen LogP contribution in [0.3, 0.4) is 0 Å². The Kier molecular flexibility index (Phi) is 52.0. The molecule has 1 heterocycles. The maximum absolute atomic E-state index is 3.88. The molecule has 0 aliphatic carbocycles. The molecule has 1 aliphatic heterocycles. The third-order valence-electron chi connectivity index (χ3n) is 2.09. The summed E-state index contributed by atoms with van der Waals surface area (Å²) in [5.41, 5.74) is 2.89. The van der Waals surface area contributed by atoms with Gasteiger partial charge in [0.1, 0.15) is 0 Å². The van der Waals surface area contributed by atoms with Gasteiger partial charge in [0.25, 0.3) is 0 Å². The largest absolute Gasteiger partial charge is 0.288 e. The monoisotopic (exact) mass is 373 g/mol. The molecular weight excluding hydrogens is 337 g/mol. The van der Waals surface area contributed by atoms with Gasteiger partial charge in [-0.05, 0) is 12.2 Å². The van der Waals surface area contributed by atoms with E-state index in [1.807, 2.05) is 6.08 Å². The van der Waals surface area contributed by atoms with Crippen molar-refractivity contribution in [2.75, 3.05) is 6.54 Å². The quantitative estimate of drug-likeness (QED) is 0.437. The van der Waals surface area contributed by atoms with Crippen LogP contribution in [0.25, 0.3) is 0 Å². The van der Waals surface area contributed by atoms with Crippen LogP contribution in [0.1, 0.15) is 80.1 Å². The van der Waals surface area contributed by atoms with Crippen LogP contribution in [-0.4, -0.2) is 36.7 Å². The number of nitrogens with zero attached hydrogens (tertiary/aromatic N) is 1. The summed E-state index contributed by atoms with van der Waals surface area (Å²) in [6.45, 7) is 13.9. The van der Waals surface area contributed by atoms with Crippen LogP contribution in [0.2, 0.25) is 0 Å². The van der Waals surface area contributed by atoms with Crippen LogP contribution < -0.4 is 0 Å². The summed E-state index contributed by atoms with van der Waals surface area (Å²) in [5, 5.41) is 0. The first-order valence-electron chi connectivity index (χ1n) is 7.64. The first-order chi connectivity index (χ1) is 8.74. The number of rotatable bonds is 3. The fourth-order valence-corrected chi connectivity index (χ4v) is 0.330. The zero-order valence-corrected chi connectivity index (χ0v) is 17.0. The maximum atomic E-state index is 3.88. The van der Waals surface area contributed by atoms with E-state index < -0.39 is 0 Å². The minimum absolute atomic E-state index is 0. The van der Waals surface area contributed by atoms with Crippen LogP contribution in [-0.2, 0) is 0 Å². The Bertz CT molecular complexity index is 176. The molecule has 1 rings (SSSR count). The van der Waals surface area contributed by atoms with Crippen LogP contribution in [0, 0.1) is 0 Å². The topological polar surface area (TPSA) is 12.4 Å². The van der Waals surface area contributed by atoms with E-state index in [0.29, 0.717) is 0 Å². The average Bonchev–Trinajstić information content (AvgIpc) is 2.49. The summed E-state index contributed by atoms with van der Waals surface area (Å²) in [4.78, 5) is 3.88. The third-order valence-corrected chi connectivity index (χ3v) is 2.09. The third kappa shape index (κ3) is 56.9. The summed E-state index contributed by atoms with van der Waals surface area (Å²) in [5.74, 6) is 0. The van der Waals surface area contributed by atoms with E-state index in [-0.39, 0.29) is 23.9 Å². The van der Waals surface area contributed by atoms with Gasteiger partial charge >= 0.3 is 0 Å². The minimum Gasteiger partial charge on any atom is -0.288 e. The Hall–Kier alpha value is -0.0113. The number of hydrogen-bond donors (Lipinski definition) is 0. The molecule has 0 saturated heterocycles. The zero-order valence-electron chi connectivity index (χ0n) is 14.1. The van der Waals surface area contributed by atoms with Crippen LogP contribution in [0.5, 0.6) is 0 Å². The average molecular weight is 372 g/mol. The van der Waals surface area contributed by atoms with Gasteiger partial charge in [-0.15, -0.1) is 5.73 Å². The Morgan fingerprint density at radius 2 is 1.16 bits per heavy atom. The van der Waals surface area contributed by atoms with Gasteiger partial charge in [0.15, 0.2) is 0 Å². The molecule has 0 N–H and O–H groups in total. The predicted molar refractivity (Wildman–Crippen MR) is 93.5 cm³/mol. The van der Waals surface area contributed by atoms with E-state index in [9.17, 15) is 0 Å². The van der Waals surface area contributed by atoms with Crippen molar-refractivity contribution < 1.29 is 0 Å². The van der Waals surface area contributed by atoms with Crippen molar-refractivity contribution in [2.45, 2.75) is 80.1 Å². The summed E-state index contributed by atoms with van der Waals surface area (Å²) in [6, 6.07) is 0. The first-order valence-corrected chi connectivity index (χ1v) is 7.64. The molecule has 0 saturated carbocycles. The van der Waals surface area contributed by atoms with E-state index in [4.69, 9.17) is 0 Å². The van der Waals surface area contributed by atoms with E-state index in [0.717, 1.165) is 6.54 Å². The molecule has 0 bridgehead atoms. The SMILES string of the molecule is C1=CC=NCC=1.CCCC.CCCC.CCCC.[Sn]. The molecule has 0 aromatic rings. The standard InChI is InChI=1S/C5H5N.3C4H10.Sn/c1-2-4-6-5-3-1;3*1-3-4-2;/h2-4H,5H2;3*3-4H2,1-2H3;. The Morgan fingerprint density at radius 1 is 0.789 bits per heavy atom. The van der Waals surface area contributed by atoms with Gasteiger partial charge in [0.05, 0.1) is 6.54 Å². The Morgan fingerprint density at radius 3 is 1.21 bits per heavy atom. The van der Waals surface area contributed by atoms with Crippen LogP contribution in [0.4, 0.5) is 0 Å². The molecule has 112 valence electrons. The van der Waals surface area contributed by atoms with Gasteiger partial charge in [0, 0.05) is 30.1 Å². The van der Waals surface area contributed by atoms with Crippen molar-refractivity contribution in [3.8, 4) is 0 Å². The van der Waals surface area contributed by atoms with E-state index in [2.05, 4.69) is 52.3 Å². The van der Waals surface area contributed by atoms with Crippen molar-refractivity contribution in [1.82, 2.24) is 0 Å². The van der Waals surface area contributed by atoms with Gasteiger partial charge in [-0.1, -0.05) is 80.1 Å². The molecule has 4 radical (unpaired) electrons. The summed E-state index contributed by atoms with van der Waals surface area (Å²) in [6.07, 6.45) is 13.4. The molecule has 0 atom stereocenters. The van der Waals surface area contributed by atoms with Gasteiger partial charge in [-0.25, -0.2) is 0 Å². The molecule has 0 aromatic carbocycles. The van der Waals surface area contributed by atoms with Crippen molar-refractivity contribution in [1.29, 1.82) is 0 Å². The molecule has 1 aliphatic rings. The second-order valence-corrected chi connectivity index (χ2v) is 4.05. The van der Waals surface area contributed by atoms with Gasteiger partial charge in [-0.2, -0.15) is 0 Å². The van der Waals surface area contributed by atoms with Crippen LogP contribution in [0.15, 0.2) is 22.9 Å². The van der Waals surface area contributed by atoms with Crippen molar-refractivity contribution in [2.24, 2.45) is 4.99 Å². The molecule has 0 spiro atoms. The van der Waals surface area contributed by atoms with Crippen molar-refractivity contribution in [3.63, 3.8) is 0 Å². The number of hydrogen-bond acceptors (Lipinski definition) is 1. The molecule has 0 fully saturated rings. The van der Waals surface area contributed by atoms with E-state index in [1.165, 1.54) is 38.5 Å². The fourth-order valence-electron chi connectivity index (χ4n) is 0.330. The smallest absolute Gasteiger partial charge is 0.0644 e. The molecule has 1 nitrogen and oxygen atoms in total. The second kappa shape index (κ2) is 36.1. The van der Waals surface area contributed by atoms with Crippen LogP contribution >= 0.6 is 0 Å². The summed E-state index contributed by atoms with van der Waals surface area (Å²) in [7, 11) is 0. The Balaban J connectivity index is -0.0000000796. The van der Waals surface area contributed by atoms with Gasteiger partial charge in [0.2, 0.25) is 0 Å². The second-order valence-electron chi connectivity index (χ2n) is 4.05. The molecule has 0 amide bonds. The fraction of sp³-hybridized carbons (Fsp3) is 0.765. The normalized spacial score (nSPS) is 9.79. The first kappa shape index (κ1) is 27.4. The molecule has 2 heteroatoms. The van der Waals surface area contributed by atoms with Crippen molar-refractivity contribution in [3.05, 3.63) is 17.9 Å². The minimum atomic E-state index is 0. The summed E-state index contributed by atoms with van der Waals surface area (Å²) >= 11 is 0. The maximum Gasteiger partial charge on any atom is 0.0644 e. The van der Waals surface area contributed by atoms with E-state index >= 15 is 0 Å². The molecule has 0 unspecified atom stereocenters. The molecular formula is C17H35NSn. The van der Waals surface area contributed by atoms with Gasteiger partial charge < -0.3 is 0 Å². The molecule has 19 heavy (non-hydrogen) atoms. The van der Waals surface area contributed by atoms with Crippen molar-refractivity contribution >= 4 is 30.1 Å². The molecule has 0 aromatic heterocycles. The summed E-state index contributed by atoms with van der Waals surface area (Å²) < 4.78 is 0. The number of aliphatic imine (C=N–C) groups is 1. The van der Waals surface area contributed by atoms with Gasteiger partial charge in [-0.3, -0.25) is 4.99 Å². The zero-order chi connectivity index (χ0) is 14.5. The Labute approximate surface area is 139 Å². The predicted octanol–water partition coefficient (Wildman–Crippen LogP) is 5.82. The number of unbranched alkanes of at least 4 members (excludes halogenated alkanes) is 3.